The molecule has 0 fully saturated rings. The van der Waals surface area contributed by atoms with Gasteiger partial charge < -0.3 is 15.3 Å². The molecule has 0 bridgehead atoms. The Labute approximate surface area is 65.8 Å². The fourth-order valence-corrected chi connectivity index (χ4v) is 1.05. The Morgan fingerprint density at radius 1 is 1.73 bits per heavy atom. The lowest BCUT2D eigenvalue weighted by molar-refractivity contribution is 0.168. The first kappa shape index (κ1) is 8.30. The monoisotopic (exact) mass is 155 g/mol. The second-order valence-electron chi connectivity index (χ2n) is 2.53. The van der Waals surface area contributed by atoms with Crippen LogP contribution in [0.5, 0.6) is 0 Å². The summed E-state index contributed by atoms with van der Waals surface area (Å²) in [4.78, 5) is 0. The Hall–Kier alpha value is -0.800. The minimum absolute atomic E-state index is 0.473. The van der Waals surface area contributed by atoms with Gasteiger partial charge in [0, 0.05) is 5.56 Å². The van der Waals surface area contributed by atoms with Crippen LogP contribution in [0.3, 0.4) is 0 Å². The van der Waals surface area contributed by atoms with Crippen LogP contribution in [-0.2, 0) is 0 Å². The van der Waals surface area contributed by atoms with E-state index in [2.05, 4.69) is 0 Å². The summed E-state index contributed by atoms with van der Waals surface area (Å²) in [5.41, 5.74) is 6.14. The zero-order valence-electron chi connectivity index (χ0n) is 6.58. The first-order chi connectivity index (χ1) is 5.25. The quantitative estimate of drug-likeness (QED) is 0.683. The second-order valence-corrected chi connectivity index (χ2v) is 2.53. The van der Waals surface area contributed by atoms with Crippen LogP contribution in [0.25, 0.3) is 0 Å². The van der Waals surface area contributed by atoms with Crippen LogP contribution in [0.1, 0.15) is 23.8 Å². The first-order valence-electron chi connectivity index (χ1n) is 3.68. The fourth-order valence-electron chi connectivity index (χ4n) is 1.05. The van der Waals surface area contributed by atoms with Crippen LogP contribution in [0.15, 0.2) is 16.7 Å². The fraction of sp³-hybridized carbons (Fsp3) is 0.500. The minimum atomic E-state index is -0.473. The lowest BCUT2D eigenvalue weighted by atomic mass is 10.1. The van der Waals surface area contributed by atoms with E-state index in [1.54, 1.807) is 12.3 Å². The molecule has 1 rings (SSSR count). The van der Waals surface area contributed by atoms with Gasteiger partial charge in [-0.15, -0.1) is 0 Å². The molecule has 0 aromatic carbocycles. The topological polar surface area (TPSA) is 59.4 Å². The molecule has 1 aromatic rings. The first-order valence-corrected chi connectivity index (χ1v) is 3.68. The van der Waals surface area contributed by atoms with Crippen LogP contribution in [0, 0.1) is 6.92 Å². The summed E-state index contributed by atoms with van der Waals surface area (Å²) < 4.78 is 5.03. The van der Waals surface area contributed by atoms with E-state index in [0.717, 1.165) is 11.3 Å². The van der Waals surface area contributed by atoms with E-state index >= 15 is 0 Å². The van der Waals surface area contributed by atoms with Gasteiger partial charge in [0.1, 0.15) is 5.76 Å². The van der Waals surface area contributed by atoms with E-state index in [1.165, 1.54) is 0 Å². The molecule has 1 heterocycles. The number of aryl methyl sites for hydroxylation is 1. The van der Waals surface area contributed by atoms with Crippen molar-refractivity contribution in [2.75, 3.05) is 6.54 Å². The molecule has 0 aliphatic rings. The smallest absolute Gasteiger partial charge is 0.106 e. The highest BCUT2D eigenvalue weighted by molar-refractivity contribution is 5.18. The van der Waals surface area contributed by atoms with Gasteiger partial charge in [-0.3, -0.25) is 0 Å². The molecule has 0 aliphatic carbocycles. The number of nitrogens with two attached hydrogens (primary N) is 1. The number of rotatable bonds is 3. The zero-order valence-corrected chi connectivity index (χ0v) is 6.58. The number of furan rings is 1. The SMILES string of the molecule is Cc1occc1[C@@H](O)CCN. The van der Waals surface area contributed by atoms with Crippen LogP contribution in [0.4, 0.5) is 0 Å². The normalized spacial score (nSPS) is 13.4. The number of hydrogen-bond acceptors (Lipinski definition) is 3. The molecular weight excluding hydrogens is 142 g/mol. The summed E-state index contributed by atoms with van der Waals surface area (Å²) in [7, 11) is 0. The van der Waals surface area contributed by atoms with Crippen molar-refractivity contribution in [2.24, 2.45) is 5.73 Å². The van der Waals surface area contributed by atoms with Crippen molar-refractivity contribution in [3.63, 3.8) is 0 Å². The van der Waals surface area contributed by atoms with Crippen molar-refractivity contribution in [2.45, 2.75) is 19.4 Å². The van der Waals surface area contributed by atoms with E-state index < -0.39 is 6.10 Å². The van der Waals surface area contributed by atoms with Crippen molar-refractivity contribution >= 4 is 0 Å². The van der Waals surface area contributed by atoms with Gasteiger partial charge in [0.05, 0.1) is 12.4 Å². The molecule has 3 heteroatoms. The Morgan fingerprint density at radius 3 is 2.91 bits per heavy atom. The molecule has 0 aliphatic heterocycles. The predicted octanol–water partition coefficient (Wildman–Crippen LogP) is 0.970. The summed E-state index contributed by atoms with van der Waals surface area (Å²) in [6.07, 6.45) is 1.68. The molecular formula is C8H13NO2. The van der Waals surface area contributed by atoms with Gasteiger partial charge in [0.2, 0.25) is 0 Å². The third-order valence-corrected chi connectivity index (χ3v) is 1.70. The van der Waals surface area contributed by atoms with Crippen LogP contribution in [-0.4, -0.2) is 11.7 Å². The molecule has 1 atom stereocenters. The van der Waals surface area contributed by atoms with E-state index in [9.17, 15) is 5.11 Å². The number of hydrogen-bond donors (Lipinski definition) is 2. The van der Waals surface area contributed by atoms with E-state index in [4.69, 9.17) is 10.2 Å². The second kappa shape index (κ2) is 3.55. The maximum Gasteiger partial charge on any atom is 0.106 e. The van der Waals surface area contributed by atoms with E-state index in [1.807, 2.05) is 6.92 Å². The molecule has 11 heavy (non-hydrogen) atoms. The van der Waals surface area contributed by atoms with Crippen molar-refractivity contribution < 1.29 is 9.52 Å². The van der Waals surface area contributed by atoms with Crippen molar-refractivity contribution in [3.05, 3.63) is 23.7 Å². The summed E-state index contributed by atoms with van der Waals surface area (Å²) in [6, 6.07) is 1.77. The van der Waals surface area contributed by atoms with Gasteiger partial charge in [0.25, 0.3) is 0 Å². The molecule has 3 N–H and O–H groups in total. The maximum atomic E-state index is 9.45. The standard InChI is InChI=1S/C8H13NO2/c1-6-7(3-5-11-6)8(10)2-4-9/h3,5,8,10H,2,4,9H2,1H3/t8-/m0/s1. The molecule has 3 nitrogen and oxygen atoms in total. The highest BCUT2D eigenvalue weighted by atomic mass is 16.3. The zero-order chi connectivity index (χ0) is 8.27. The molecule has 0 saturated carbocycles. The molecule has 0 radical (unpaired) electrons. The highest BCUT2D eigenvalue weighted by Gasteiger charge is 2.10. The average molecular weight is 155 g/mol. The van der Waals surface area contributed by atoms with Gasteiger partial charge in [0.15, 0.2) is 0 Å². The van der Waals surface area contributed by atoms with E-state index in [0.29, 0.717) is 13.0 Å². The van der Waals surface area contributed by atoms with Crippen LogP contribution >= 0.6 is 0 Å². The average Bonchev–Trinajstić information content (AvgIpc) is 2.36. The van der Waals surface area contributed by atoms with Gasteiger partial charge in [-0.25, -0.2) is 0 Å². The summed E-state index contributed by atoms with van der Waals surface area (Å²) in [6.45, 7) is 2.32. The maximum absolute atomic E-state index is 9.45. The highest BCUT2D eigenvalue weighted by Crippen LogP contribution is 2.20. The molecule has 0 unspecified atom stereocenters. The van der Waals surface area contributed by atoms with Crippen LogP contribution in [0.2, 0.25) is 0 Å². The predicted molar refractivity (Wildman–Crippen MR) is 42.1 cm³/mol. The number of aliphatic hydroxyl groups excluding tert-OH is 1. The van der Waals surface area contributed by atoms with Crippen molar-refractivity contribution in [1.29, 1.82) is 0 Å². The van der Waals surface area contributed by atoms with Crippen molar-refractivity contribution in [3.8, 4) is 0 Å². The summed E-state index contributed by atoms with van der Waals surface area (Å²) in [5.74, 6) is 0.769. The molecule has 0 amide bonds. The molecule has 0 spiro atoms. The Bertz CT molecular complexity index is 220. The molecule has 0 saturated heterocycles. The van der Waals surface area contributed by atoms with Crippen molar-refractivity contribution in [1.82, 2.24) is 0 Å². The Kier molecular flexibility index (Phi) is 2.68. The summed E-state index contributed by atoms with van der Waals surface area (Å²) >= 11 is 0. The van der Waals surface area contributed by atoms with Crippen LogP contribution < -0.4 is 5.73 Å². The number of aliphatic hydroxyl groups is 1. The Balaban J connectivity index is 2.67. The third kappa shape index (κ3) is 1.82. The third-order valence-electron chi connectivity index (χ3n) is 1.70. The lowest BCUT2D eigenvalue weighted by Crippen LogP contribution is -2.06. The summed E-state index contributed by atoms with van der Waals surface area (Å²) in [5, 5.41) is 9.45. The lowest BCUT2D eigenvalue weighted by Gasteiger charge is -2.06. The van der Waals surface area contributed by atoms with Gasteiger partial charge in [-0.1, -0.05) is 0 Å². The molecule has 1 aromatic heterocycles. The largest absolute Gasteiger partial charge is 0.469 e. The molecule has 62 valence electrons. The van der Waals surface area contributed by atoms with Gasteiger partial charge in [-0.05, 0) is 26.0 Å². The van der Waals surface area contributed by atoms with Gasteiger partial charge >= 0.3 is 0 Å². The Morgan fingerprint density at radius 2 is 2.45 bits per heavy atom. The van der Waals surface area contributed by atoms with E-state index in [-0.39, 0.29) is 0 Å². The van der Waals surface area contributed by atoms with Gasteiger partial charge in [-0.2, -0.15) is 0 Å². The minimum Gasteiger partial charge on any atom is -0.469 e.